The van der Waals surface area contributed by atoms with Crippen LogP contribution >= 0.6 is 15.9 Å². The molecule has 0 spiro atoms. The molecule has 0 amide bonds. The molecule has 0 aliphatic heterocycles. The van der Waals surface area contributed by atoms with E-state index in [1.165, 1.54) is 6.08 Å². The van der Waals surface area contributed by atoms with Gasteiger partial charge in [-0.3, -0.25) is 4.79 Å². The number of aromatic nitrogens is 1. The van der Waals surface area contributed by atoms with Gasteiger partial charge in [0.1, 0.15) is 10.9 Å². The molecular formula is C8H6BrNO. The van der Waals surface area contributed by atoms with Crippen LogP contribution in [0.2, 0.25) is 0 Å². The van der Waals surface area contributed by atoms with Crippen molar-refractivity contribution in [1.82, 2.24) is 4.98 Å². The van der Waals surface area contributed by atoms with Crippen LogP contribution in [0.1, 0.15) is 5.56 Å². The Kier molecular flexibility index (Phi) is 2.98. The summed E-state index contributed by atoms with van der Waals surface area (Å²) in [5, 5.41) is 0. The van der Waals surface area contributed by atoms with Crippen LogP contribution in [0.25, 0.3) is 6.08 Å². The smallest absolute Gasteiger partial charge is 0.142 e. The van der Waals surface area contributed by atoms with Crippen molar-refractivity contribution in [3.05, 3.63) is 34.6 Å². The first-order valence-electron chi connectivity index (χ1n) is 3.06. The largest absolute Gasteiger partial charge is 0.299 e. The van der Waals surface area contributed by atoms with Crippen molar-refractivity contribution in [2.75, 3.05) is 0 Å². The number of pyridine rings is 1. The van der Waals surface area contributed by atoms with E-state index in [2.05, 4.69) is 20.9 Å². The lowest BCUT2D eigenvalue weighted by Gasteiger charge is -1.90. The first-order chi connectivity index (χ1) is 5.33. The van der Waals surface area contributed by atoms with Gasteiger partial charge >= 0.3 is 0 Å². The van der Waals surface area contributed by atoms with Gasteiger partial charge in [0.05, 0.1) is 0 Å². The van der Waals surface area contributed by atoms with Gasteiger partial charge in [0, 0.05) is 6.20 Å². The molecule has 0 bridgehead atoms. The molecule has 2 nitrogen and oxygen atoms in total. The summed E-state index contributed by atoms with van der Waals surface area (Å²) in [6.45, 7) is 0. The first-order valence-corrected chi connectivity index (χ1v) is 3.85. The van der Waals surface area contributed by atoms with Crippen molar-refractivity contribution in [2.24, 2.45) is 0 Å². The van der Waals surface area contributed by atoms with Crippen LogP contribution in [0.3, 0.4) is 0 Å². The minimum absolute atomic E-state index is 0.744. The van der Waals surface area contributed by atoms with E-state index in [-0.39, 0.29) is 0 Å². The molecule has 3 heteroatoms. The second-order valence-corrected chi connectivity index (χ2v) is 2.72. The van der Waals surface area contributed by atoms with Crippen LogP contribution in [0.4, 0.5) is 0 Å². The van der Waals surface area contributed by atoms with E-state index in [0.717, 1.165) is 16.5 Å². The number of carbonyl (C=O) groups excluding carboxylic acids is 1. The molecule has 1 heterocycles. The van der Waals surface area contributed by atoms with Gasteiger partial charge in [-0.25, -0.2) is 4.98 Å². The van der Waals surface area contributed by atoms with Gasteiger partial charge in [0.25, 0.3) is 0 Å². The Morgan fingerprint density at radius 1 is 1.55 bits per heavy atom. The topological polar surface area (TPSA) is 30.0 Å². The standard InChI is InChI=1S/C8H6BrNO/c9-8-6-7(2-1-5-11)3-4-10-8/h1-6H/b2-1+. The molecule has 0 radical (unpaired) electrons. The third-order valence-corrected chi connectivity index (χ3v) is 1.55. The number of halogens is 1. The second-order valence-electron chi connectivity index (χ2n) is 1.91. The Morgan fingerprint density at radius 3 is 3.00 bits per heavy atom. The fraction of sp³-hybridized carbons (Fsp3) is 0. The highest BCUT2D eigenvalue weighted by molar-refractivity contribution is 9.10. The Labute approximate surface area is 73.1 Å². The quantitative estimate of drug-likeness (QED) is 0.426. The lowest BCUT2D eigenvalue weighted by atomic mass is 10.2. The fourth-order valence-electron chi connectivity index (χ4n) is 0.672. The second kappa shape index (κ2) is 4.03. The monoisotopic (exact) mass is 211 g/mol. The summed E-state index contributed by atoms with van der Waals surface area (Å²) in [7, 11) is 0. The molecule has 0 aliphatic rings. The van der Waals surface area contributed by atoms with Crippen LogP contribution in [0, 0.1) is 0 Å². The summed E-state index contributed by atoms with van der Waals surface area (Å²) in [5.74, 6) is 0. The minimum Gasteiger partial charge on any atom is -0.299 e. The van der Waals surface area contributed by atoms with Crippen LogP contribution in [0.15, 0.2) is 29.0 Å². The number of hydrogen-bond donors (Lipinski definition) is 0. The Bertz CT molecular complexity index is 283. The summed E-state index contributed by atoms with van der Waals surface area (Å²) in [4.78, 5) is 13.9. The molecule has 0 aromatic carbocycles. The minimum atomic E-state index is 0.744. The molecule has 0 saturated carbocycles. The number of carbonyl (C=O) groups is 1. The van der Waals surface area contributed by atoms with Gasteiger partial charge in [0.2, 0.25) is 0 Å². The summed E-state index contributed by atoms with van der Waals surface area (Å²) >= 11 is 3.22. The third kappa shape index (κ3) is 2.63. The van der Waals surface area contributed by atoms with Crippen molar-refractivity contribution < 1.29 is 4.79 Å². The van der Waals surface area contributed by atoms with E-state index < -0.39 is 0 Å². The third-order valence-electron chi connectivity index (χ3n) is 1.12. The highest BCUT2D eigenvalue weighted by Crippen LogP contribution is 2.08. The Morgan fingerprint density at radius 2 is 2.36 bits per heavy atom. The van der Waals surface area contributed by atoms with Gasteiger partial charge < -0.3 is 0 Å². The zero-order valence-corrected chi connectivity index (χ0v) is 7.28. The molecule has 0 atom stereocenters. The van der Waals surface area contributed by atoms with Crippen LogP contribution in [0.5, 0.6) is 0 Å². The van der Waals surface area contributed by atoms with Crippen molar-refractivity contribution in [3.8, 4) is 0 Å². The normalized spacial score (nSPS) is 10.3. The summed E-state index contributed by atoms with van der Waals surface area (Å²) in [5.41, 5.74) is 0.957. The number of aldehydes is 1. The molecule has 1 rings (SSSR count). The lowest BCUT2D eigenvalue weighted by Crippen LogP contribution is -1.76. The van der Waals surface area contributed by atoms with E-state index in [4.69, 9.17) is 0 Å². The first kappa shape index (κ1) is 8.14. The van der Waals surface area contributed by atoms with Gasteiger partial charge in [-0.15, -0.1) is 0 Å². The summed E-state index contributed by atoms with van der Waals surface area (Å²) < 4.78 is 0.769. The molecule has 0 N–H and O–H groups in total. The molecule has 1 aromatic rings. The van der Waals surface area contributed by atoms with Crippen LogP contribution in [-0.2, 0) is 4.79 Å². The maximum absolute atomic E-state index is 9.95. The van der Waals surface area contributed by atoms with Gasteiger partial charge in [0.15, 0.2) is 0 Å². The molecule has 56 valence electrons. The summed E-state index contributed by atoms with van der Waals surface area (Å²) in [6, 6.07) is 3.66. The molecule has 1 aromatic heterocycles. The van der Waals surface area contributed by atoms with Crippen molar-refractivity contribution in [1.29, 1.82) is 0 Å². The zero-order valence-electron chi connectivity index (χ0n) is 5.70. The maximum atomic E-state index is 9.95. The molecule has 0 fully saturated rings. The Balaban J connectivity index is 2.87. The average Bonchev–Trinajstić information content (AvgIpc) is 2.01. The van der Waals surface area contributed by atoms with E-state index in [1.54, 1.807) is 12.3 Å². The fourth-order valence-corrected chi connectivity index (χ4v) is 1.05. The van der Waals surface area contributed by atoms with Crippen molar-refractivity contribution in [2.45, 2.75) is 0 Å². The number of rotatable bonds is 2. The highest BCUT2D eigenvalue weighted by atomic mass is 79.9. The zero-order chi connectivity index (χ0) is 8.10. The molecule has 0 saturated heterocycles. The highest BCUT2D eigenvalue weighted by Gasteiger charge is 1.87. The number of allylic oxidation sites excluding steroid dienone is 1. The van der Waals surface area contributed by atoms with E-state index in [9.17, 15) is 4.79 Å². The number of nitrogens with zero attached hydrogens (tertiary/aromatic N) is 1. The average molecular weight is 212 g/mol. The van der Waals surface area contributed by atoms with Crippen molar-refractivity contribution in [3.63, 3.8) is 0 Å². The van der Waals surface area contributed by atoms with E-state index >= 15 is 0 Å². The van der Waals surface area contributed by atoms with Crippen molar-refractivity contribution >= 4 is 28.3 Å². The van der Waals surface area contributed by atoms with Gasteiger partial charge in [-0.2, -0.15) is 0 Å². The predicted molar refractivity (Wildman–Crippen MR) is 47.0 cm³/mol. The maximum Gasteiger partial charge on any atom is 0.142 e. The lowest BCUT2D eigenvalue weighted by molar-refractivity contribution is -0.104. The molecule has 0 aliphatic carbocycles. The van der Waals surface area contributed by atoms with Gasteiger partial charge in [-0.1, -0.05) is 6.08 Å². The molecular weight excluding hydrogens is 206 g/mol. The van der Waals surface area contributed by atoms with E-state index in [0.29, 0.717) is 0 Å². The predicted octanol–water partition coefficient (Wildman–Crippen LogP) is 2.06. The molecule has 0 unspecified atom stereocenters. The van der Waals surface area contributed by atoms with Crippen LogP contribution < -0.4 is 0 Å². The van der Waals surface area contributed by atoms with Crippen LogP contribution in [-0.4, -0.2) is 11.3 Å². The SMILES string of the molecule is O=C/C=C/c1ccnc(Br)c1. The van der Waals surface area contributed by atoms with E-state index in [1.807, 2.05) is 12.1 Å². The molecule has 11 heavy (non-hydrogen) atoms. The number of hydrogen-bond acceptors (Lipinski definition) is 2. The summed E-state index contributed by atoms with van der Waals surface area (Å²) in [6.07, 6.45) is 5.59. The van der Waals surface area contributed by atoms with Gasteiger partial charge in [-0.05, 0) is 39.7 Å². The Hall–Kier alpha value is -0.960.